The van der Waals surface area contributed by atoms with Gasteiger partial charge in [-0.3, -0.25) is 4.79 Å². The van der Waals surface area contributed by atoms with Crippen LogP contribution in [0.4, 0.5) is 4.79 Å². The van der Waals surface area contributed by atoms with Gasteiger partial charge in [-0.1, -0.05) is 23.7 Å². The van der Waals surface area contributed by atoms with Crippen LogP contribution >= 0.6 is 11.6 Å². The molecule has 0 spiro atoms. The first-order chi connectivity index (χ1) is 11.0. The summed E-state index contributed by atoms with van der Waals surface area (Å²) in [5, 5.41) is 20.9. The Morgan fingerprint density at radius 2 is 2.04 bits per heavy atom. The number of nitrogens with zero attached hydrogens (tertiary/aromatic N) is 1. The number of nitrogens with one attached hydrogen (secondary N) is 2. The third-order valence-electron chi connectivity index (χ3n) is 3.16. The molecule has 1 heterocycles. The number of aromatic amines is 1. The fourth-order valence-electron chi connectivity index (χ4n) is 2.16. The molecule has 0 radical (unpaired) electrons. The number of carboxylic acid groups (broad SMARTS) is 1. The molecule has 1 aromatic heterocycles. The van der Waals surface area contributed by atoms with Crippen LogP contribution in [0, 0.1) is 0 Å². The zero-order valence-corrected chi connectivity index (χ0v) is 12.9. The molecule has 0 aliphatic heterocycles. The predicted molar refractivity (Wildman–Crippen MR) is 84.7 cm³/mol. The van der Waals surface area contributed by atoms with Gasteiger partial charge >= 0.3 is 6.09 Å². The van der Waals surface area contributed by atoms with Gasteiger partial charge in [-0.05, 0) is 17.7 Å². The second-order valence-corrected chi connectivity index (χ2v) is 5.36. The first-order valence-corrected chi connectivity index (χ1v) is 7.30. The maximum atomic E-state index is 11.7. The topological polar surface area (TPSA) is 115 Å². The number of benzene rings is 1. The Morgan fingerprint density at radius 3 is 2.65 bits per heavy atom. The van der Waals surface area contributed by atoms with E-state index in [1.165, 1.54) is 6.07 Å². The van der Waals surface area contributed by atoms with Gasteiger partial charge in [0.2, 0.25) is 0 Å². The lowest BCUT2D eigenvalue weighted by Crippen LogP contribution is -2.31. The standard InChI is InChI=1S/C15H16ClN3O4/c16-10-3-1-9(2-4-10)7-12(18-15(22)23)14-17-11(5-6-20)8-13(21)19-14/h1-4,8,12,18,20H,5-7H2,(H,22,23)(H,17,19,21). The van der Waals surface area contributed by atoms with Crippen LogP contribution in [0.1, 0.15) is 23.1 Å². The number of halogens is 1. The van der Waals surface area contributed by atoms with Gasteiger partial charge < -0.3 is 20.5 Å². The summed E-state index contributed by atoms with van der Waals surface area (Å²) < 4.78 is 0. The molecule has 0 fully saturated rings. The highest BCUT2D eigenvalue weighted by Crippen LogP contribution is 2.17. The number of hydrogen-bond donors (Lipinski definition) is 4. The molecule has 2 rings (SSSR count). The first-order valence-electron chi connectivity index (χ1n) is 6.93. The van der Waals surface area contributed by atoms with Crippen molar-refractivity contribution >= 4 is 17.7 Å². The Kier molecular flexibility index (Phi) is 5.72. The first kappa shape index (κ1) is 17.0. The molecule has 0 saturated heterocycles. The van der Waals surface area contributed by atoms with Crippen LogP contribution in [-0.2, 0) is 12.8 Å². The third kappa shape index (κ3) is 5.08. The monoisotopic (exact) mass is 337 g/mol. The van der Waals surface area contributed by atoms with E-state index >= 15 is 0 Å². The predicted octanol–water partition coefficient (Wildman–Crippen LogP) is 1.51. The highest BCUT2D eigenvalue weighted by molar-refractivity contribution is 6.30. The summed E-state index contributed by atoms with van der Waals surface area (Å²) in [6.45, 7) is -0.149. The zero-order valence-electron chi connectivity index (χ0n) is 12.1. The Labute approximate surface area is 137 Å². The normalized spacial score (nSPS) is 11.9. The van der Waals surface area contributed by atoms with E-state index in [1.54, 1.807) is 24.3 Å². The molecular formula is C15H16ClN3O4. The minimum absolute atomic E-state index is 0.149. The minimum Gasteiger partial charge on any atom is -0.465 e. The van der Waals surface area contributed by atoms with Gasteiger partial charge in [0, 0.05) is 30.5 Å². The van der Waals surface area contributed by atoms with E-state index in [9.17, 15) is 9.59 Å². The molecule has 122 valence electrons. The Balaban J connectivity index is 2.32. The minimum atomic E-state index is -1.22. The summed E-state index contributed by atoms with van der Waals surface area (Å²) in [5.41, 5.74) is 0.842. The van der Waals surface area contributed by atoms with Crippen molar-refractivity contribution in [1.82, 2.24) is 15.3 Å². The van der Waals surface area contributed by atoms with Crippen molar-refractivity contribution in [2.75, 3.05) is 6.61 Å². The molecule has 0 aliphatic rings. The highest BCUT2D eigenvalue weighted by Gasteiger charge is 2.18. The summed E-state index contributed by atoms with van der Waals surface area (Å²) >= 11 is 5.83. The van der Waals surface area contributed by atoms with E-state index in [1.807, 2.05) is 0 Å². The van der Waals surface area contributed by atoms with Crippen molar-refractivity contribution in [2.24, 2.45) is 0 Å². The number of hydrogen-bond acceptors (Lipinski definition) is 4. The number of aromatic nitrogens is 2. The SMILES string of the molecule is O=C(O)NC(Cc1ccc(Cl)cc1)c1nc(CCO)cc(=O)[nH]1. The van der Waals surface area contributed by atoms with Crippen molar-refractivity contribution in [1.29, 1.82) is 0 Å². The molecule has 0 saturated carbocycles. The number of H-pyrrole nitrogens is 1. The van der Waals surface area contributed by atoms with E-state index in [0.717, 1.165) is 5.56 Å². The summed E-state index contributed by atoms with van der Waals surface area (Å²) in [6.07, 6.45) is -0.703. The van der Waals surface area contributed by atoms with Gasteiger partial charge in [0.1, 0.15) is 5.82 Å². The third-order valence-corrected chi connectivity index (χ3v) is 3.41. The van der Waals surface area contributed by atoms with Crippen LogP contribution in [0.5, 0.6) is 0 Å². The Hall–Kier alpha value is -2.38. The molecule has 7 nitrogen and oxygen atoms in total. The summed E-state index contributed by atoms with van der Waals surface area (Å²) in [5.74, 6) is 0.207. The second-order valence-electron chi connectivity index (χ2n) is 4.93. The number of amides is 1. The fraction of sp³-hybridized carbons (Fsp3) is 0.267. The molecule has 1 unspecified atom stereocenters. The Morgan fingerprint density at radius 1 is 1.35 bits per heavy atom. The molecule has 8 heteroatoms. The molecule has 0 bridgehead atoms. The van der Waals surface area contributed by atoms with Crippen molar-refractivity contribution in [3.05, 3.63) is 62.8 Å². The van der Waals surface area contributed by atoms with Gasteiger partial charge in [-0.2, -0.15) is 0 Å². The number of rotatable bonds is 6. The van der Waals surface area contributed by atoms with Crippen molar-refractivity contribution in [2.45, 2.75) is 18.9 Å². The van der Waals surface area contributed by atoms with Crippen molar-refractivity contribution < 1.29 is 15.0 Å². The average molecular weight is 338 g/mol. The molecule has 1 atom stereocenters. The second kappa shape index (κ2) is 7.75. The molecule has 0 aliphatic carbocycles. The van der Waals surface area contributed by atoms with Crippen LogP contribution in [0.25, 0.3) is 0 Å². The van der Waals surface area contributed by atoms with E-state index in [2.05, 4.69) is 15.3 Å². The quantitative estimate of drug-likeness (QED) is 0.637. The lowest BCUT2D eigenvalue weighted by atomic mass is 10.1. The van der Waals surface area contributed by atoms with E-state index in [0.29, 0.717) is 17.1 Å². The average Bonchev–Trinajstić information content (AvgIpc) is 2.48. The molecule has 23 heavy (non-hydrogen) atoms. The van der Waals surface area contributed by atoms with Crippen LogP contribution in [0.2, 0.25) is 5.02 Å². The van der Waals surface area contributed by atoms with Crippen LogP contribution in [-0.4, -0.2) is 32.9 Å². The smallest absolute Gasteiger partial charge is 0.405 e. The van der Waals surface area contributed by atoms with Crippen LogP contribution in [0.15, 0.2) is 35.1 Å². The maximum absolute atomic E-state index is 11.7. The summed E-state index contributed by atoms with van der Waals surface area (Å²) in [7, 11) is 0. The molecule has 1 amide bonds. The van der Waals surface area contributed by atoms with Gasteiger partial charge in [0.05, 0.1) is 11.7 Å². The molecule has 2 aromatic rings. The summed E-state index contributed by atoms with van der Waals surface area (Å²) in [6, 6.07) is 7.50. The van der Waals surface area contributed by atoms with Gasteiger partial charge in [0.15, 0.2) is 0 Å². The molecule has 1 aromatic carbocycles. The lowest BCUT2D eigenvalue weighted by molar-refractivity contribution is 0.189. The van der Waals surface area contributed by atoms with Crippen molar-refractivity contribution in [3.63, 3.8) is 0 Å². The molecular weight excluding hydrogens is 322 g/mol. The van der Waals surface area contributed by atoms with E-state index in [-0.39, 0.29) is 18.9 Å². The van der Waals surface area contributed by atoms with Gasteiger partial charge in [0.25, 0.3) is 5.56 Å². The maximum Gasteiger partial charge on any atom is 0.405 e. The van der Waals surface area contributed by atoms with Crippen molar-refractivity contribution in [3.8, 4) is 0 Å². The number of carbonyl (C=O) groups is 1. The zero-order chi connectivity index (χ0) is 16.8. The van der Waals surface area contributed by atoms with Crippen LogP contribution < -0.4 is 10.9 Å². The lowest BCUT2D eigenvalue weighted by Gasteiger charge is -2.17. The van der Waals surface area contributed by atoms with Gasteiger partial charge in [-0.15, -0.1) is 0 Å². The van der Waals surface area contributed by atoms with Crippen LogP contribution in [0.3, 0.4) is 0 Å². The highest BCUT2D eigenvalue weighted by atomic mass is 35.5. The van der Waals surface area contributed by atoms with E-state index in [4.69, 9.17) is 21.8 Å². The largest absolute Gasteiger partial charge is 0.465 e. The van der Waals surface area contributed by atoms with Gasteiger partial charge in [-0.25, -0.2) is 9.78 Å². The number of aliphatic hydroxyl groups is 1. The fourth-order valence-corrected chi connectivity index (χ4v) is 2.28. The summed E-state index contributed by atoms with van der Waals surface area (Å²) in [4.78, 5) is 29.5. The Bertz CT molecular complexity index is 730. The molecule has 4 N–H and O–H groups in total. The van der Waals surface area contributed by atoms with E-state index < -0.39 is 17.7 Å². The number of aliphatic hydroxyl groups excluding tert-OH is 1.